The number of alkyl halides is 3. The molecule has 0 aromatic heterocycles. The summed E-state index contributed by atoms with van der Waals surface area (Å²) in [6, 6.07) is 12.5. The van der Waals surface area contributed by atoms with E-state index in [0.717, 1.165) is 0 Å². The molecule has 31 heavy (non-hydrogen) atoms. The van der Waals surface area contributed by atoms with Crippen LogP contribution in [0.3, 0.4) is 0 Å². The Hall–Kier alpha value is -2.75. The third kappa shape index (κ3) is 8.49. The summed E-state index contributed by atoms with van der Waals surface area (Å²) >= 11 is 0. The molecule has 0 aliphatic carbocycles. The van der Waals surface area contributed by atoms with Crippen LogP contribution in [0.1, 0.15) is 18.4 Å². The van der Waals surface area contributed by atoms with Gasteiger partial charge in [0.15, 0.2) is 27.9 Å². The summed E-state index contributed by atoms with van der Waals surface area (Å²) in [5.74, 6) is -0.220. The number of aryl methyl sites for hydroxylation is 1. The number of hydrogen-bond acceptors (Lipinski definition) is 5. The van der Waals surface area contributed by atoms with Gasteiger partial charge in [-0.15, -0.1) is 0 Å². The molecule has 1 amide bonds. The monoisotopic (exact) mass is 459 g/mol. The number of amides is 1. The topological polar surface area (TPSA) is 81.7 Å². The Bertz CT molecular complexity index is 963. The van der Waals surface area contributed by atoms with Crippen molar-refractivity contribution in [3.8, 4) is 11.5 Å². The molecule has 0 fully saturated rings. The molecule has 0 spiro atoms. The molecule has 0 bridgehead atoms. The molecule has 2 aromatic rings. The minimum absolute atomic E-state index is 0.0346. The van der Waals surface area contributed by atoms with Gasteiger partial charge < -0.3 is 14.8 Å². The molecule has 0 aliphatic rings. The Morgan fingerprint density at radius 2 is 1.77 bits per heavy atom. The number of rotatable bonds is 11. The Morgan fingerprint density at radius 1 is 1.06 bits per heavy atom. The number of nitrogens with one attached hydrogen (secondary N) is 1. The summed E-state index contributed by atoms with van der Waals surface area (Å²) < 4.78 is 71.0. The zero-order valence-electron chi connectivity index (χ0n) is 16.9. The molecule has 170 valence electrons. The summed E-state index contributed by atoms with van der Waals surface area (Å²) in [6.07, 6.45) is -3.70. The second-order valence-corrected chi connectivity index (χ2v) is 8.83. The third-order valence-electron chi connectivity index (χ3n) is 4.27. The van der Waals surface area contributed by atoms with Gasteiger partial charge in [0, 0.05) is 13.0 Å². The van der Waals surface area contributed by atoms with Crippen LogP contribution in [-0.4, -0.2) is 46.5 Å². The normalized spacial score (nSPS) is 11.7. The molecule has 0 unspecified atom stereocenters. The predicted molar refractivity (Wildman–Crippen MR) is 109 cm³/mol. The predicted octanol–water partition coefficient (Wildman–Crippen LogP) is 3.55. The molecule has 0 heterocycles. The van der Waals surface area contributed by atoms with E-state index >= 15 is 0 Å². The second-order valence-electron chi connectivity index (χ2n) is 6.72. The molecule has 2 rings (SSSR count). The first-order valence-electron chi connectivity index (χ1n) is 9.52. The molecule has 1 N–H and O–H groups in total. The number of sulfone groups is 1. The van der Waals surface area contributed by atoms with Crippen molar-refractivity contribution in [2.45, 2.75) is 30.3 Å². The fourth-order valence-electron chi connectivity index (χ4n) is 2.73. The van der Waals surface area contributed by atoms with Crippen molar-refractivity contribution >= 4 is 15.7 Å². The number of ether oxygens (including phenoxy) is 2. The first-order valence-corrected chi connectivity index (χ1v) is 11.2. The van der Waals surface area contributed by atoms with Crippen molar-refractivity contribution in [1.82, 2.24) is 5.32 Å². The maximum absolute atomic E-state index is 12.3. The quantitative estimate of drug-likeness (QED) is 0.520. The van der Waals surface area contributed by atoms with Gasteiger partial charge in [-0.3, -0.25) is 4.79 Å². The van der Waals surface area contributed by atoms with Crippen molar-refractivity contribution in [2.24, 2.45) is 0 Å². The van der Waals surface area contributed by atoms with Crippen LogP contribution in [0.2, 0.25) is 0 Å². The zero-order valence-corrected chi connectivity index (χ0v) is 17.8. The highest BCUT2D eigenvalue weighted by Crippen LogP contribution is 2.30. The van der Waals surface area contributed by atoms with Gasteiger partial charge in [-0.1, -0.05) is 24.3 Å². The molecule has 0 aliphatic heterocycles. The number of halogens is 3. The lowest BCUT2D eigenvalue weighted by atomic mass is 10.1. The van der Waals surface area contributed by atoms with Crippen molar-refractivity contribution in [3.05, 3.63) is 54.1 Å². The van der Waals surface area contributed by atoms with Gasteiger partial charge >= 0.3 is 6.18 Å². The number of carbonyl (C=O) groups excluding carboxylic acids is 1. The highest BCUT2D eigenvalue weighted by atomic mass is 32.2. The van der Waals surface area contributed by atoms with Crippen LogP contribution < -0.4 is 14.8 Å². The Morgan fingerprint density at radius 3 is 2.42 bits per heavy atom. The molecule has 2 aromatic carbocycles. The lowest BCUT2D eigenvalue weighted by Gasteiger charge is -2.13. The molecular weight excluding hydrogens is 435 g/mol. The molecule has 0 atom stereocenters. The van der Waals surface area contributed by atoms with E-state index in [4.69, 9.17) is 9.47 Å². The van der Waals surface area contributed by atoms with E-state index in [1.54, 1.807) is 24.3 Å². The Balaban J connectivity index is 1.77. The summed E-state index contributed by atoms with van der Waals surface area (Å²) in [4.78, 5) is 12.3. The standard InChI is InChI=1S/C21H24F3NO5S/c1-29-19-14-16(8-10-18(19)30-15-21(22,23)24)9-11-20(26)25-12-5-13-31(27,28)17-6-3-2-4-7-17/h2-4,6-8,10,14H,5,9,11-13,15H2,1H3,(H,25,26). The van der Waals surface area contributed by atoms with Gasteiger partial charge in [-0.2, -0.15) is 13.2 Å². The van der Waals surface area contributed by atoms with E-state index in [1.165, 1.54) is 31.4 Å². The zero-order chi connectivity index (χ0) is 22.9. The highest BCUT2D eigenvalue weighted by Gasteiger charge is 2.29. The first kappa shape index (κ1) is 24.5. The van der Waals surface area contributed by atoms with E-state index in [2.05, 4.69) is 5.32 Å². The number of carbonyl (C=O) groups is 1. The summed E-state index contributed by atoms with van der Waals surface area (Å²) in [6.45, 7) is -1.20. The van der Waals surface area contributed by atoms with Gasteiger partial charge in [0.1, 0.15) is 0 Å². The van der Waals surface area contributed by atoms with Crippen LogP contribution in [0, 0.1) is 0 Å². The lowest BCUT2D eigenvalue weighted by molar-refractivity contribution is -0.153. The lowest BCUT2D eigenvalue weighted by Crippen LogP contribution is -2.26. The Labute approximate surface area is 179 Å². The van der Waals surface area contributed by atoms with Crippen LogP contribution >= 0.6 is 0 Å². The van der Waals surface area contributed by atoms with Crippen LogP contribution in [0.5, 0.6) is 11.5 Å². The molecule has 0 saturated carbocycles. The van der Waals surface area contributed by atoms with E-state index in [0.29, 0.717) is 12.0 Å². The van der Waals surface area contributed by atoms with E-state index in [1.807, 2.05) is 0 Å². The average molecular weight is 459 g/mol. The van der Waals surface area contributed by atoms with Crippen LogP contribution in [0.15, 0.2) is 53.4 Å². The second kappa shape index (κ2) is 11.0. The number of benzene rings is 2. The summed E-state index contributed by atoms with van der Waals surface area (Å²) in [7, 11) is -2.07. The average Bonchev–Trinajstić information content (AvgIpc) is 2.74. The third-order valence-corrected chi connectivity index (χ3v) is 6.09. The van der Waals surface area contributed by atoms with Crippen molar-refractivity contribution in [2.75, 3.05) is 26.0 Å². The van der Waals surface area contributed by atoms with Crippen molar-refractivity contribution in [1.29, 1.82) is 0 Å². The van der Waals surface area contributed by atoms with Gasteiger partial charge in [0.25, 0.3) is 0 Å². The van der Waals surface area contributed by atoms with E-state index in [9.17, 15) is 26.4 Å². The minimum atomic E-state index is -4.46. The SMILES string of the molecule is COc1cc(CCC(=O)NCCCS(=O)(=O)c2ccccc2)ccc1OCC(F)(F)F. The van der Waals surface area contributed by atoms with Crippen molar-refractivity contribution in [3.63, 3.8) is 0 Å². The number of hydrogen-bond donors (Lipinski definition) is 1. The maximum Gasteiger partial charge on any atom is 0.422 e. The van der Waals surface area contributed by atoms with Crippen molar-refractivity contribution < 1.29 is 35.9 Å². The maximum atomic E-state index is 12.3. The van der Waals surface area contributed by atoms with E-state index in [-0.39, 0.29) is 47.4 Å². The fourth-order valence-corrected chi connectivity index (χ4v) is 4.06. The summed E-state index contributed by atoms with van der Waals surface area (Å²) in [5, 5.41) is 2.67. The first-order chi connectivity index (χ1) is 14.6. The summed E-state index contributed by atoms with van der Waals surface area (Å²) in [5.41, 5.74) is 0.693. The smallest absolute Gasteiger partial charge is 0.422 e. The highest BCUT2D eigenvalue weighted by molar-refractivity contribution is 7.91. The largest absolute Gasteiger partial charge is 0.493 e. The molecule has 0 radical (unpaired) electrons. The van der Waals surface area contributed by atoms with Crippen LogP contribution in [0.4, 0.5) is 13.2 Å². The van der Waals surface area contributed by atoms with Gasteiger partial charge in [-0.25, -0.2) is 8.42 Å². The van der Waals surface area contributed by atoms with Crippen LogP contribution in [0.25, 0.3) is 0 Å². The minimum Gasteiger partial charge on any atom is -0.493 e. The fraction of sp³-hybridized carbons (Fsp3) is 0.381. The number of methoxy groups -OCH3 is 1. The molecule has 6 nitrogen and oxygen atoms in total. The molecule has 10 heteroatoms. The molecular formula is C21H24F3NO5S. The Kier molecular flexibility index (Phi) is 8.73. The van der Waals surface area contributed by atoms with Crippen LogP contribution in [-0.2, 0) is 21.1 Å². The van der Waals surface area contributed by atoms with Gasteiger partial charge in [0.2, 0.25) is 5.91 Å². The van der Waals surface area contributed by atoms with Gasteiger partial charge in [0.05, 0.1) is 17.8 Å². The van der Waals surface area contributed by atoms with Gasteiger partial charge in [-0.05, 0) is 42.7 Å². The molecule has 0 saturated heterocycles. The van der Waals surface area contributed by atoms with E-state index < -0.39 is 22.6 Å².